The molecule has 0 bridgehead atoms. The minimum absolute atomic E-state index is 0.0220. The van der Waals surface area contributed by atoms with E-state index in [0.717, 1.165) is 0 Å². The second-order valence-corrected chi connectivity index (χ2v) is 7.05. The van der Waals surface area contributed by atoms with Gasteiger partial charge >= 0.3 is 6.09 Å². The third-order valence-corrected chi connectivity index (χ3v) is 4.71. The van der Waals surface area contributed by atoms with E-state index in [0.29, 0.717) is 18.2 Å². The van der Waals surface area contributed by atoms with Crippen molar-refractivity contribution < 1.29 is 28.5 Å². The lowest BCUT2D eigenvalue weighted by Gasteiger charge is -2.18. The predicted octanol–water partition coefficient (Wildman–Crippen LogP) is 1.66. The monoisotopic (exact) mass is 378 g/mol. The van der Waals surface area contributed by atoms with Gasteiger partial charge in [-0.05, 0) is 23.6 Å². The van der Waals surface area contributed by atoms with E-state index in [9.17, 15) is 9.59 Å². The molecule has 0 spiro atoms. The fraction of sp³-hybridized carbons (Fsp3) is 0.579. The lowest BCUT2D eigenvalue weighted by molar-refractivity contribution is -0.126. The van der Waals surface area contributed by atoms with Crippen LogP contribution in [0.2, 0.25) is 0 Å². The highest BCUT2D eigenvalue weighted by Crippen LogP contribution is 2.29. The molecule has 3 rings (SSSR count). The van der Waals surface area contributed by atoms with Crippen LogP contribution in [-0.2, 0) is 23.7 Å². The van der Waals surface area contributed by atoms with Crippen LogP contribution in [0.15, 0.2) is 24.3 Å². The van der Waals surface area contributed by atoms with Crippen molar-refractivity contribution in [1.29, 1.82) is 0 Å². The average Bonchev–Trinajstić information content (AvgIpc) is 3.19. The van der Waals surface area contributed by atoms with Crippen molar-refractivity contribution in [2.75, 3.05) is 32.2 Å². The van der Waals surface area contributed by atoms with Gasteiger partial charge in [-0.15, -0.1) is 0 Å². The number of carbonyl (C=O) groups excluding carboxylic acids is 2. The summed E-state index contributed by atoms with van der Waals surface area (Å²) in [6, 6.07) is 7.36. The first-order valence-corrected chi connectivity index (χ1v) is 9.07. The molecule has 0 aliphatic carbocycles. The summed E-state index contributed by atoms with van der Waals surface area (Å²) in [5, 5.41) is 5.53. The summed E-state index contributed by atoms with van der Waals surface area (Å²) in [6.07, 6.45) is -1.81. The van der Waals surface area contributed by atoms with Gasteiger partial charge in [-0.3, -0.25) is 10.1 Å². The van der Waals surface area contributed by atoms with E-state index in [1.807, 2.05) is 24.3 Å². The third-order valence-electron chi connectivity index (χ3n) is 4.71. The van der Waals surface area contributed by atoms with Crippen molar-refractivity contribution in [3.63, 3.8) is 0 Å². The lowest BCUT2D eigenvalue weighted by Crippen LogP contribution is -2.45. The van der Waals surface area contributed by atoms with Crippen LogP contribution in [0.1, 0.15) is 25.3 Å². The lowest BCUT2D eigenvalue weighted by atomic mass is 10.0. The van der Waals surface area contributed by atoms with Crippen molar-refractivity contribution in [3.05, 3.63) is 29.8 Å². The molecule has 8 heteroatoms. The molecule has 8 nitrogen and oxygen atoms in total. The number of carbonyl (C=O) groups is 2. The summed E-state index contributed by atoms with van der Waals surface area (Å²) in [4.78, 5) is 23.9. The molecule has 2 saturated heterocycles. The van der Waals surface area contributed by atoms with Gasteiger partial charge in [0.25, 0.3) is 0 Å². The van der Waals surface area contributed by atoms with E-state index >= 15 is 0 Å². The van der Waals surface area contributed by atoms with Crippen LogP contribution in [-0.4, -0.2) is 63.3 Å². The molecular weight excluding hydrogens is 352 g/mol. The summed E-state index contributed by atoms with van der Waals surface area (Å²) >= 11 is 0. The fourth-order valence-electron chi connectivity index (χ4n) is 3.30. The zero-order valence-electron chi connectivity index (χ0n) is 15.8. The van der Waals surface area contributed by atoms with Gasteiger partial charge in [0.05, 0.1) is 19.3 Å². The van der Waals surface area contributed by atoms with Crippen LogP contribution >= 0.6 is 0 Å². The van der Waals surface area contributed by atoms with Crippen LogP contribution in [0.3, 0.4) is 0 Å². The Labute approximate surface area is 158 Å². The molecule has 148 valence electrons. The van der Waals surface area contributed by atoms with Gasteiger partial charge in [-0.1, -0.05) is 26.0 Å². The van der Waals surface area contributed by atoms with Gasteiger partial charge < -0.3 is 24.3 Å². The maximum Gasteiger partial charge on any atom is 0.412 e. The highest BCUT2D eigenvalue weighted by Gasteiger charge is 2.49. The molecule has 2 fully saturated rings. The van der Waals surface area contributed by atoms with Crippen LogP contribution in [0.5, 0.6) is 0 Å². The Hall–Kier alpha value is -2.16. The van der Waals surface area contributed by atoms with E-state index in [1.165, 1.54) is 12.7 Å². The number of methoxy groups -OCH3 is 1. The van der Waals surface area contributed by atoms with Crippen LogP contribution in [0.4, 0.5) is 10.5 Å². The largest absolute Gasteiger partial charge is 0.441 e. The van der Waals surface area contributed by atoms with Crippen LogP contribution in [0.25, 0.3) is 0 Å². The molecule has 4 atom stereocenters. The first kappa shape index (κ1) is 19.6. The number of benzene rings is 1. The summed E-state index contributed by atoms with van der Waals surface area (Å²) in [7, 11) is 1.46. The summed E-state index contributed by atoms with van der Waals surface area (Å²) in [5.41, 5.74) is 1.86. The Bertz CT molecular complexity index is 663. The number of ether oxygens (including phenoxy) is 4. The third kappa shape index (κ3) is 4.77. The molecule has 27 heavy (non-hydrogen) atoms. The van der Waals surface area contributed by atoms with Crippen molar-refractivity contribution in [2.45, 2.75) is 44.1 Å². The first-order chi connectivity index (χ1) is 13.0. The SMILES string of the molecule is COCC(=O)N[C@H]1CO[C@H]2[C@H]1OC[C@@H]2OC(=O)Nc1ccc(C(C)C)cc1. The van der Waals surface area contributed by atoms with Gasteiger partial charge in [-0.25, -0.2) is 4.79 Å². The van der Waals surface area contributed by atoms with Gasteiger partial charge in [0, 0.05) is 12.8 Å². The molecule has 0 aromatic heterocycles. The number of hydrogen-bond donors (Lipinski definition) is 2. The molecule has 0 unspecified atom stereocenters. The van der Waals surface area contributed by atoms with Crippen molar-refractivity contribution in [3.8, 4) is 0 Å². The second kappa shape index (κ2) is 8.69. The van der Waals surface area contributed by atoms with Crippen molar-refractivity contribution >= 4 is 17.7 Å². The minimum Gasteiger partial charge on any atom is -0.441 e. The molecule has 2 aliphatic rings. The highest BCUT2D eigenvalue weighted by atomic mass is 16.6. The average molecular weight is 378 g/mol. The van der Waals surface area contributed by atoms with Gasteiger partial charge in [0.1, 0.15) is 18.8 Å². The molecule has 2 aliphatic heterocycles. The summed E-state index contributed by atoms with van der Waals surface area (Å²) < 4.78 is 21.7. The second-order valence-electron chi connectivity index (χ2n) is 7.05. The number of amides is 2. The molecule has 2 amide bonds. The smallest absolute Gasteiger partial charge is 0.412 e. The summed E-state index contributed by atoms with van der Waals surface area (Å²) in [6.45, 7) is 4.74. The van der Waals surface area contributed by atoms with Crippen molar-refractivity contribution in [1.82, 2.24) is 5.32 Å². The molecule has 1 aromatic rings. The zero-order chi connectivity index (χ0) is 19.4. The maximum atomic E-state index is 12.2. The first-order valence-electron chi connectivity index (χ1n) is 9.07. The Balaban J connectivity index is 1.50. The molecule has 2 heterocycles. The van der Waals surface area contributed by atoms with Crippen LogP contribution in [0, 0.1) is 0 Å². The number of rotatable bonds is 6. The van der Waals surface area contributed by atoms with Crippen LogP contribution < -0.4 is 10.6 Å². The Kier molecular flexibility index (Phi) is 6.30. The molecular formula is C19H26N2O6. The fourth-order valence-corrected chi connectivity index (χ4v) is 3.30. The van der Waals surface area contributed by atoms with Crippen molar-refractivity contribution in [2.24, 2.45) is 0 Å². The number of hydrogen-bond acceptors (Lipinski definition) is 6. The Morgan fingerprint density at radius 3 is 2.52 bits per heavy atom. The highest BCUT2D eigenvalue weighted by molar-refractivity contribution is 5.84. The van der Waals surface area contributed by atoms with Gasteiger partial charge in [0.15, 0.2) is 6.10 Å². The summed E-state index contributed by atoms with van der Waals surface area (Å²) in [5.74, 6) is 0.192. The van der Waals surface area contributed by atoms with E-state index in [4.69, 9.17) is 18.9 Å². The molecule has 2 N–H and O–H groups in total. The van der Waals surface area contributed by atoms with E-state index in [1.54, 1.807) is 0 Å². The minimum atomic E-state index is -0.558. The number of anilines is 1. The Morgan fingerprint density at radius 1 is 1.15 bits per heavy atom. The topological polar surface area (TPSA) is 95.1 Å². The van der Waals surface area contributed by atoms with E-state index in [2.05, 4.69) is 24.5 Å². The normalized spacial score (nSPS) is 26.7. The maximum absolute atomic E-state index is 12.2. The number of nitrogens with one attached hydrogen (secondary N) is 2. The predicted molar refractivity (Wildman–Crippen MR) is 97.7 cm³/mol. The quantitative estimate of drug-likeness (QED) is 0.782. The number of fused-ring (bicyclic) bond motifs is 1. The Morgan fingerprint density at radius 2 is 1.85 bits per heavy atom. The van der Waals surface area contributed by atoms with Gasteiger partial charge in [0.2, 0.25) is 5.91 Å². The standard InChI is InChI=1S/C19H26N2O6/c1-11(2)12-4-6-13(7-5-12)20-19(23)27-15-9-26-17-14(8-25-18(15)17)21-16(22)10-24-3/h4-7,11,14-15,17-18H,8-10H2,1-3H3,(H,20,23)(H,21,22)/t14-,15-,17-,18+/m0/s1. The zero-order valence-corrected chi connectivity index (χ0v) is 15.8. The van der Waals surface area contributed by atoms with Gasteiger partial charge in [-0.2, -0.15) is 0 Å². The molecule has 1 aromatic carbocycles. The molecule has 0 radical (unpaired) electrons. The molecule has 0 saturated carbocycles. The van der Waals surface area contributed by atoms with E-state index in [-0.39, 0.29) is 31.3 Å². The van der Waals surface area contributed by atoms with E-state index < -0.39 is 18.3 Å².